The molecule has 0 spiro atoms. The summed E-state index contributed by atoms with van der Waals surface area (Å²) in [5, 5.41) is 3.42. The molecule has 0 atom stereocenters. The predicted octanol–water partition coefficient (Wildman–Crippen LogP) is 5.01. The fourth-order valence-electron chi connectivity index (χ4n) is 2.12. The molecule has 3 aromatic rings. The number of halogens is 3. The van der Waals surface area contributed by atoms with E-state index in [1.807, 2.05) is 30.3 Å². The largest absolute Gasteiger partial charge is 0.416 e. The van der Waals surface area contributed by atoms with E-state index in [1.54, 1.807) is 6.07 Å². The van der Waals surface area contributed by atoms with Crippen LogP contribution in [0.4, 0.5) is 13.2 Å². The standard InChI is InChI=1S/C15H9F3/c16-15(17,18)14-6-5-12-7-10-3-1-2-4-11(10)8-13(12)9-14/h1-9H. The fourth-order valence-corrected chi connectivity index (χ4v) is 2.12. The molecule has 90 valence electrons. The zero-order valence-corrected chi connectivity index (χ0v) is 9.33. The van der Waals surface area contributed by atoms with Crippen LogP contribution in [0.1, 0.15) is 5.56 Å². The Morgan fingerprint density at radius 3 is 1.78 bits per heavy atom. The number of rotatable bonds is 0. The van der Waals surface area contributed by atoms with E-state index in [1.165, 1.54) is 12.1 Å². The molecule has 18 heavy (non-hydrogen) atoms. The average Bonchev–Trinajstić information content (AvgIpc) is 2.34. The fraction of sp³-hybridized carbons (Fsp3) is 0.0667. The molecule has 3 rings (SSSR count). The van der Waals surface area contributed by atoms with Crippen molar-refractivity contribution in [3.05, 3.63) is 60.2 Å². The topological polar surface area (TPSA) is 0 Å². The van der Waals surface area contributed by atoms with Gasteiger partial charge in [0, 0.05) is 0 Å². The first-order valence-electron chi connectivity index (χ1n) is 5.54. The lowest BCUT2D eigenvalue weighted by Gasteiger charge is -2.08. The van der Waals surface area contributed by atoms with Crippen LogP contribution in [0.3, 0.4) is 0 Å². The van der Waals surface area contributed by atoms with Gasteiger partial charge in [-0.3, -0.25) is 0 Å². The van der Waals surface area contributed by atoms with Crippen LogP contribution in [0.25, 0.3) is 21.5 Å². The molecule has 0 aliphatic carbocycles. The van der Waals surface area contributed by atoms with Gasteiger partial charge in [0.2, 0.25) is 0 Å². The smallest absolute Gasteiger partial charge is 0.166 e. The van der Waals surface area contributed by atoms with Gasteiger partial charge in [0.05, 0.1) is 5.56 Å². The minimum atomic E-state index is -4.29. The highest BCUT2D eigenvalue weighted by Gasteiger charge is 2.30. The molecule has 0 unspecified atom stereocenters. The van der Waals surface area contributed by atoms with Crippen molar-refractivity contribution < 1.29 is 13.2 Å². The molecule has 0 nitrogen and oxygen atoms in total. The second-order valence-electron chi connectivity index (χ2n) is 4.26. The summed E-state index contributed by atoms with van der Waals surface area (Å²) < 4.78 is 37.9. The van der Waals surface area contributed by atoms with E-state index >= 15 is 0 Å². The van der Waals surface area contributed by atoms with Gasteiger partial charge >= 0.3 is 6.18 Å². The first-order valence-corrected chi connectivity index (χ1v) is 5.54. The summed E-state index contributed by atoms with van der Waals surface area (Å²) in [6, 6.07) is 15.2. The number of fused-ring (bicyclic) bond motifs is 2. The number of alkyl halides is 3. The van der Waals surface area contributed by atoms with Crippen molar-refractivity contribution >= 4 is 21.5 Å². The molecule has 0 radical (unpaired) electrons. The molecule has 0 amide bonds. The van der Waals surface area contributed by atoms with E-state index in [0.717, 1.165) is 22.2 Å². The third kappa shape index (κ3) is 1.82. The van der Waals surface area contributed by atoms with Gasteiger partial charge in [0.25, 0.3) is 0 Å². The minimum Gasteiger partial charge on any atom is -0.166 e. The van der Waals surface area contributed by atoms with Crippen LogP contribution in [0.2, 0.25) is 0 Å². The highest BCUT2D eigenvalue weighted by molar-refractivity contribution is 5.98. The van der Waals surface area contributed by atoms with Gasteiger partial charge in [0.15, 0.2) is 0 Å². The van der Waals surface area contributed by atoms with Crippen LogP contribution in [0, 0.1) is 0 Å². The molecular weight excluding hydrogens is 237 g/mol. The predicted molar refractivity (Wildman–Crippen MR) is 66.5 cm³/mol. The zero-order chi connectivity index (χ0) is 12.8. The highest BCUT2D eigenvalue weighted by atomic mass is 19.4. The minimum absolute atomic E-state index is 0.606. The van der Waals surface area contributed by atoms with Gasteiger partial charge < -0.3 is 0 Å². The van der Waals surface area contributed by atoms with E-state index in [4.69, 9.17) is 0 Å². The van der Waals surface area contributed by atoms with Crippen LogP contribution in [0.5, 0.6) is 0 Å². The molecule has 0 fully saturated rings. The van der Waals surface area contributed by atoms with E-state index < -0.39 is 11.7 Å². The summed E-state index contributed by atoms with van der Waals surface area (Å²) in [6.45, 7) is 0. The lowest BCUT2D eigenvalue weighted by Crippen LogP contribution is -2.04. The van der Waals surface area contributed by atoms with E-state index in [2.05, 4.69) is 0 Å². The second kappa shape index (κ2) is 3.73. The van der Waals surface area contributed by atoms with Gasteiger partial charge in [-0.1, -0.05) is 30.3 Å². The normalized spacial score (nSPS) is 12.2. The lowest BCUT2D eigenvalue weighted by atomic mass is 10.0. The van der Waals surface area contributed by atoms with Crippen molar-refractivity contribution in [3.8, 4) is 0 Å². The Labute approximate surface area is 102 Å². The van der Waals surface area contributed by atoms with Crippen LogP contribution in [-0.2, 0) is 6.18 Å². The van der Waals surface area contributed by atoms with Crippen LogP contribution in [0.15, 0.2) is 54.6 Å². The lowest BCUT2D eigenvalue weighted by molar-refractivity contribution is -0.137. The maximum atomic E-state index is 12.6. The summed E-state index contributed by atoms with van der Waals surface area (Å²) in [5.41, 5.74) is -0.606. The SMILES string of the molecule is FC(F)(F)c1ccc2cc3ccccc3cc2c1. The molecule has 0 bridgehead atoms. The molecule has 0 aliphatic heterocycles. The second-order valence-corrected chi connectivity index (χ2v) is 4.26. The summed E-state index contributed by atoms with van der Waals surface area (Å²) in [4.78, 5) is 0. The summed E-state index contributed by atoms with van der Waals surface area (Å²) >= 11 is 0. The quantitative estimate of drug-likeness (QED) is 0.489. The van der Waals surface area contributed by atoms with Gasteiger partial charge in [-0.15, -0.1) is 0 Å². The molecular formula is C15H9F3. The van der Waals surface area contributed by atoms with Gasteiger partial charge in [-0.05, 0) is 45.8 Å². The van der Waals surface area contributed by atoms with Gasteiger partial charge in [-0.2, -0.15) is 13.2 Å². The Hall–Kier alpha value is -2.03. The van der Waals surface area contributed by atoms with Crippen LogP contribution < -0.4 is 0 Å². The zero-order valence-electron chi connectivity index (χ0n) is 9.33. The van der Waals surface area contributed by atoms with E-state index in [0.29, 0.717) is 5.39 Å². The molecule has 0 saturated heterocycles. The Morgan fingerprint density at radius 1 is 0.611 bits per heavy atom. The van der Waals surface area contributed by atoms with E-state index in [9.17, 15) is 13.2 Å². The van der Waals surface area contributed by atoms with Crippen molar-refractivity contribution in [2.45, 2.75) is 6.18 Å². The average molecular weight is 246 g/mol. The Morgan fingerprint density at radius 2 is 1.17 bits per heavy atom. The van der Waals surface area contributed by atoms with Gasteiger partial charge in [0.1, 0.15) is 0 Å². The molecule has 3 heteroatoms. The molecule has 0 heterocycles. The first kappa shape index (κ1) is 11.1. The number of hydrogen-bond acceptors (Lipinski definition) is 0. The monoisotopic (exact) mass is 246 g/mol. The molecule has 0 N–H and O–H groups in total. The van der Waals surface area contributed by atoms with Gasteiger partial charge in [-0.25, -0.2) is 0 Å². The molecule has 0 aromatic heterocycles. The van der Waals surface area contributed by atoms with Crippen molar-refractivity contribution in [1.82, 2.24) is 0 Å². The maximum Gasteiger partial charge on any atom is 0.416 e. The van der Waals surface area contributed by atoms with Crippen LogP contribution >= 0.6 is 0 Å². The number of benzene rings is 3. The summed E-state index contributed by atoms with van der Waals surface area (Å²) in [7, 11) is 0. The van der Waals surface area contributed by atoms with Crippen molar-refractivity contribution in [3.63, 3.8) is 0 Å². The molecule has 3 aromatic carbocycles. The van der Waals surface area contributed by atoms with E-state index in [-0.39, 0.29) is 0 Å². The third-order valence-corrected chi connectivity index (χ3v) is 3.03. The Bertz CT molecular complexity index is 726. The van der Waals surface area contributed by atoms with Crippen molar-refractivity contribution in [2.24, 2.45) is 0 Å². The Balaban J connectivity index is 2.31. The maximum absolute atomic E-state index is 12.6. The molecule has 0 saturated carbocycles. The first-order chi connectivity index (χ1) is 8.54. The molecule has 0 aliphatic rings. The van der Waals surface area contributed by atoms with Crippen LogP contribution in [-0.4, -0.2) is 0 Å². The van der Waals surface area contributed by atoms with Crippen molar-refractivity contribution in [1.29, 1.82) is 0 Å². The Kier molecular flexibility index (Phi) is 2.30. The van der Waals surface area contributed by atoms with Crippen molar-refractivity contribution in [2.75, 3.05) is 0 Å². The summed E-state index contributed by atoms with van der Waals surface area (Å²) in [6.07, 6.45) is -4.29. The number of hydrogen-bond donors (Lipinski definition) is 0. The third-order valence-electron chi connectivity index (χ3n) is 3.03. The summed E-state index contributed by atoms with van der Waals surface area (Å²) in [5.74, 6) is 0. The highest BCUT2D eigenvalue weighted by Crippen LogP contribution is 2.32.